The molecule has 1 aliphatic heterocycles. The Morgan fingerprint density at radius 3 is 2.79 bits per heavy atom. The Hall–Kier alpha value is -2.30. The highest BCUT2D eigenvalue weighted by Gasteiger charge is 2.38. The highest BCUT2D eigenvalue weighted by atomic mass is 79.9. The Kier molecular flexibility index (Phi) is 4.94. The van der Waals surface area contributed by atoms with Crippen molar-refractivity contribution >= 4 is 54.0 Å². The summed E-state index contributed by atoms with van der Waals surface area (Å²) in [4.78, 5) is 12.3. The summed E-state index contributed by atoms with van der Waals surface area (Å²) in [5.41, 5.74) is 2.06. The first-order chi connectivity index (χ1) is 13.4. The smallest absolute Gasteiger partial charge is 0.293 e. The number of carbonyl (C=O) groups is 1. The van der Waals surface area contributed by atoms with Gasteiger partial charge in [-0.3, -0.25) is 14.4 Å². The zero-order valence-corrected chi connectivity index (χ0v) is 17.9. The van der Waals surface area contributed by atoms with Crippen LogP contribution in [-0.4, -0.2) is 30.6 Å². The van der Waals surface area contributed by atoms with Crippen molar-refractivity contribution in [2.24, 2.45) is 0 Å². The lowest BCUT2D eigenvalue weighted by Crippen LogP contribution is -2.35. The Balaban J connectivity index is 1.59. The lowest BCUT2D eigenvalue weighted by Gasteiger charge is -2.22. The molecule has 1 amide bonds. The number of hydrogen-bond donors (Lipinski definition) is 1. The van der Waals surface area contributed by atoms with E-state index in [2.05, 4.69) is 31.4 Å². The molecule has 7 nitrogen and oxygen atoms in total. The topological polar surface area (TPSA) is 92.3 Å². The Bertz CT molecular complexity index is 1160. The highest BCUT2D eigenvalue weighted by molar-refractivity contribution is 9.10. The number of para-hydroxylation sites is 1. The molecule has 2 aromatic carbocycles. The molecular weight excluding hydrogens is 464 g/mol. The van der Waals surface area contributed by atoms with E-state index in [1.54, 1.807) is 24.3 Å². The maximum absolute atomic E-state index is 13.1. The minimum atomic E-state index is -3.87. The van der Waals surface area contributed by atoms with Gasteiger partial charge in [-0.05, 0) is 43.2 Å². The number of anilines is 2. The third kappa shape index (κ3) is 3.43. The zero-order chi connectivity index (χ0) is 19.9. The van der Waals surface area contributed by atoms with Crippen LogP contribution in [-0.2, 0) is 16.4 Å². The van der Waals surface area contributed by atoms with Gasteiger partial charge in [0.15, 0.2) is 0 Å². The van der Waals surface area contributed by atoms with Crippen LogP contribution in [0.3, 0.4) is 0 Å². The third-order valence-corrected chi connectivity index (χ3v) is 7.94. The van der Waals surface area contributed by atoms with E-state index in [4.69, 9.17) is 0 Å². The van der Waals surface area contributed by atoms with Crippen molar-refractivity contribution in [2.75, 3.05) is 9.62 Å². The average Bonchev–Trinajstić information content (AvgIpc) is 3.25. The minimum absolute atomic E-state index is 0.128. The van der Waals surface area contributed by atoms with Gasteiger partial charge in [-0.25, -0.2) is 0 Å². The van der Waals surface area contributed by atoms with Gasteiger partial charge in [0.05, 0.1) is 5.69 Å². The number of benzene rings is 2. The second-order valence-electron chi connectivity index (χ2n) is 6.32. The molecule has 0 radical (unpaired) electrons. The number of carbonyl (C=O) groups excluding carboxylic acids is 1. The molecule has 4 rings (SSSR count). The van der Waals surface area contributed by atoms with Crippen molar-refractivity contribution in [1.29, 1.82) is 0 Å². The van der Waals surface area contributed by atoms with E-state index in [1.807, 2.05) is 31.2 Å². The van der Waals surface area contributed by atoms with E-state index in [1.165, 1.54) is 4.31 Å². The number of fused-ring (bicyclic) bond motifs is 1. The number of hydrogen-bond acceptors (Lipinski definition) is 6. The van der Waals surface area contributed by atoms with Crippen molar-refractivity contribution in [1.82, 2.24) is 10.2 Å². The Morgan fingerprint density at radius 2 is 2.00 bits per heavy atom. The molecule has 144 valence electrons. The highest BCUT2D eigenvalue weighted by Crippen LogP contribution is 2.37. The molecule has 1 aromatic heterocycles. The second kappa shape index (κ2) is 7.26. The molecule has 0 bridgehead atoms. The van der Waals surface area contributed by atoms with Gasteiger partial charge in [-0.1, -0.05) is 51.5 Å². The Labute approximate surface area is 174 Å². The van der Waals surface area contributed by atoms with Crippen LogP contribution in [0.1, 0.15) is 22.8 Å². The number of aromatic nitrogens is 2. The largest absolute Gasteiger partial charge is 0.296 e. The number of halogens is 1. The number of nitrogens with zero attached hydrogens (tertiary/aromatic N) is 3. The molecule has 1 atom stereocenters. The summed E-state index contributed by atoms with van der Waals surface area (Å²) in [6.45, 7) is 1.86. The van der Waals surface area contributed by atoms with Crippen LogP contribution in [0.4, 0.5) is 10.8 Å². The third-order valence-electron chi connectivity index (χ3n) is 4.34. The van der Waals surface area contributed by atoms with Crippen molar-refractivity contribution in [2.45, 2.75) is 23.7 Å². The first-order valence-corrected chi connectivity index (χ1v) is 11.4. The maximum atomic E-state index is 13.1. The summed E-state index contributed by atoms with van der Waals surface area (Å²) in [6.07, 6.45) is 0.640. The van der Waals surface area contributed by atoms with Crippen LogP contribution in [0.5, 0.6) is 0 Å². The molecule has 2 heterocycles. The normalized spacial score (nSPS) is 16.1. The molecule has 0 saturated carbocycles. The van der Waals surface area contributed by atoms with E-state index in [-0.39, 0.29) is 21.4 Å². The molecule has 1 N–H and O–H groups in total. The van der Waals surface area contributed by atoms with E-state index < -0.39 is 10.0 Å². The minimum Gasteiger partial charge on any atom is -0.296 e. The summed E-state index contributed by atoms with van der Waals surface area (Å²) in [6, 6.07) is 14.1. The molecule has 3 aromatic rings. The standard InChI is InChI=1S/C18H15BrN4O3S2/c1-11-9-12-5-2-3-8-15(12)23(11)28(25,26)18-22-21-17(27-18)20-16(24)13-6-4-7-14(19)10-13/h2-8,10-11H,9H2,1H3,(H,20,21,24). The second-order valence-corrected chi connectivity index (χ2v) is 10.2. The predicted octanol–water partition coefficient (Wildman–Crippen LogP) is 3.69. The summed E-state index contributed by atoms with van der Waals surface area (Å²) >= 11 is 4.15. The van der Waals surface area contributed by atoms with Gasteiger partial charge in [0.2, 0.25) is 5.13 Å². The van der Waals surface area contributed by atoms with Crippen LogP contribution in [0.2, 0.25) is 0 Å². The molecule has 1 unspecified atom stereocenters. The molecule has 1 aliphatic rings. The maximum Gasteiger partial charge on any atom is 0.293 e. The molecule has 0 saturated heterocycles. The SMILES string of the molecule is CC1Cc2ccccc2N1S(=O)(=O)c1nnc(NC(=O)c2cccc(Br)c2)s1. The van der Waals surface area contributed by atoms with Gasteiger partial charge in [-0.15, -0.1) is 10.2 Å². The fourth-order valence-corrected chi connectivity index (χ4v) is 6.22. The van der Waals surface area contributed by atoms with Gasteiger partial charge in [-0.2, -0.15) is 8.42 Å². The van der Waals surface area contributed by atoms with Crippen LogP contribution in [0, 0.1) is 0 Å². The van der Waals surface area contributed by atoms with Gasteiger partial charge in [0.25, 0.3) is 20.3 Å². The summed E-state index contributed by atoms with van der Waals surface area (Å²) in [5, 5.41) is 10.4. The number of amides is 1. The first kappa shape index (κ1) is 19.0. The molecule has 28 heavy (non-hydrogen) atoms. The van der Waals surface area contributed by atoms with Gasteiger partial charge < -0.3 is 0 Å². The summed E-state index contributed by atoms with van der Waals surface area (Å²) < 4.78 is 28.3. The Morgan fingerprint density at radius 1 is 1.21 bits per heavy atom. The lowest BCUT2D eigenvalue weighted by atomic mass is 10.1. The lowest BCUT2D eigenvalue weighted by molar-refractivity contribution is 0.102. The van der Waals surface area contributed by atoms with Crippen molar-refractivity contribution < 1.29 is 13.2 Å². The van der Waals surface area contributed by atoms with Gasteiger partial charge >= 0.3 is 0 Å². The van der Waals surface area contributed by atoms with E-state index in [0.29, 0.717) is 17.7 Å². The molecule has 0 fully saturated rings. The predicted molar refractivity (Wildman–Crippen MR) is 111 cm³/mol. The molecular formula is C18H15BrN4O3S2. The van der Waals surface area contributed by atoms with Crippen molar-refractivity contribution in [3.63, 3.8) is 0 Å². The van der Waals surface area contributed by atoms with Gasteiger partial charge in [0.1, 0.15) is 0 Å². The summed E-state index contributed by atoms with van der Waals surface area (Å²) in [5.74, 6) is -0.388. The van der Waals surface area contributed by atoms with Crippen LogP contribution in [0.15, 0.2) is 57.3 Å². The number of sulfonamides is 1. The van der Waals surface area contributed by atoms with Crippen LogP contribution < -0.4 is 9.62 Å². The monoisotopic (exact) mass is 478 g/mol. The fraction of sp³-hybridized carbons (Fsp3) is 0.167. The molecule has 10 heteroatoms. The van der Waals surface area contributed by atoms with Crippen LogP contribution >= 0.6 is 27.3 Å². The average molecular weight is 479 g/mol. The fourth-order valence-electron chi connectivity index (χ4n) is 3.15. The number of rotatable bonds is 4. The quantitative estimate of drug-likeness (QED) is 0.577. The molecule has 0 spiro atoms. The molecule has 0 aliphatic carbocycles. The van der Waals surface area contributed by atoms with Crippen molar-refractivity contribution in [3.8, 4) is 0 Å². The first-order valence-electron chi connectivity index (χ1n) is 8.39. The van der Waals surface area contributed by atoms with Crippen LogP contribution in [0.25, 0.3) is 0 Å². The van der Waals surface area contributed by atoms with Crippen molar-refractivity contribution in [3.05, 3.63) is 64.1 Å². The summed E-state index contributed by atoms with van der Waals surface area (Å²) in [7, 11) is -3.87. The number of nitrogens with one attached hydrogen (secondary N) is 1. The van der Waals surface area contributed by atoms with Gasteiger partial charge in [0, 0.05) is 16.1 Å². The van der Waals surface area contributed by atoms with E-state index >= 15 is 0 Å². The zero-order valence-electron chi connectivity index (χ0n) is 14.7. The van der Waals surface area contributed by atoms with E-state index in [9.17, 15) is 13.2 Å². The van der Waals surface area contributed by atoms with E-state index in [0.717, 1.165) is 21.4 Å².